The van der Waals surface area contributed by atoms with E-state index in [4.69, 9.17) is 5.73 Å². The second-order valence-electron chi connectivity index (χ2n) is 5.48. The Morgan fingerprint density at radius 1 is 1.38 bits per heavy atom. The predicted octanol–water partition coefficient (Wildman–Crippen LogP) is -1.75. The molecule has 0 aromatic carbocycles. The second kappa shape index (κ2) is 6.11. The Morgan fingerprint density at radius 3 is 2.67 bits per heavy atom. The van der Waals surface area contributed by atoms with E-state index in [0.29, 0.717) is 25.8 Å². The zero-order valence-corrected chi connectivity index (χ0v) is 11.9. The maximum Gasteiger partial charge on any atom is 0.245 e. The third kappa shape index (κ3) is 3.32. The zero-order chi connectivity index (χ0) is 15.6. The van der Waals surface area contributed by atoms with E-state index >= 15 is 0 Å². The van der Waals surface area contributed by atoms with Gasteiger partial charge in [0.1, 0.15) is 18.1 Å². The molecule has 0 radical (unpaired) electrons. The van der Waals surface area contributed by atoms with Crippen LogP contribution in [0, 0.1) is 0 Å². The lowest BCUT2D eigenvalue weighted by Crippen LogP contribution is -2.54. The first-order valence-electron chi connectivity index (χ1n) is 7.09. The summed E-state index contributed by atoms with van der Waals surface area (Å²) < 4.78 is 0. The monoisotopic (exact) mass is 296 g/mol. The quantitative estimate of drug-likeness (QED) is 0.569. The van der Waals surface area contributed by atoms with Gasteiger partial charge in [-0.1, -0.05) is 0 Å². The van der Waals surface area contributed by atoms with Crippen LogP contribution in [0.5, 0.6) is 0 Å². The van der Waals surface area contributed by atoms with Crippen molar-refractivity contribution in [3.8, 4) is 0 Å². The number of nitrogens with one attached hydrogen (secondary N) is 2. The van der Waals surface area contributed by atoms with Crippen LogP contribution >= 0.6 is 0 Å². The van der Waals surface area contributed by atoms with Gasteiger partial charge in [0.15, 0.2) is 0 Å². The van der Waals surface area contributed by atoms with Gasteiger partial charge in [-0.05, 0) is 26.2 Å². The van der Waals surface area contributed by atoms with Crippen molar-refractivity contribution in [3.63, 3.8) is 0 Å². The molecule has 0 aromatic rings. The summed E-state index contributed by atoms with van der Waals surface area (Å²) in [4.78, 5) is 48.0. The molecule has 2 rings (SSSR count). The number of likely N-dealkylation sites (tertiary alicyclic amines) is 1. The van der Waals surface area contributed by atoms with Crippen LogP contribution in [0.25, 0.3) is 0 Å². The van der Waals surface area contributed by atoms with E-state index in [9.17, 15) is 19.2 Å². The van der Waals surface area contributed by atoms with Crippen molar-refractivity contribution in [2.45, 2.75) is 50.7 Å². The summed E-state index contributed by atoms with van der Waals surface area (Å²) in [6.45, 7) is 2.03. The third-order valence-corrected chi connectivity index (χ3v) is 3.91. The summed E-state index contributed by atoms with van der Waals surface area (Å²) in [5, 5.41) is 5.13. The van der Waals surface area contributed by atoms with Gasteiger partial charge in [0.2, 0.25) is 23.6 Å². The van der Waals surface area contributed by atoms with Crippen LogP contribution in [0.4, 0.5) is 0 Å². The van der Waals surface area contributed by atoms with Crippen LogP contribution in [0.15, 0.2) is 0 Å². The largest absolute Gasteiger partial charge is 0.368 e. The van der Waals surface area contributed by atoms with Gasteiger partial charge in [-0.15, -0.1) is 0 Å². The number of nitrogens with two attached hydrogens (primary N) is 1. The van der Waals surface area contributed by atoms with E-state index in [1.54, 1.807) is 6.92 Å². The molecule has 0 unspecified atom stereocenters. The van der Waals surface area contributed by atoms with Gasteiger partial charge in [0.25, 0.3) is 0 Å². The first kappa shape index (κ1) is 15.3. The third-order valence-electron chi connectivity index (χ3n) is 3.91. The van der Waals surface area contributed by atoms with E-state index in [-0.39, 0.29) is 17.7 Å². The number of carbonyl (C=O) groups excluding carboxylic acids is 4. The highest BCUT2D eigenvalue weighted by molar-refractivity contribution is 5.95. The Morgan fingerprint density at radius 2 is 2.10 bits per heavy atom. The Balaban J connectivity index is 1.91. The molecule has 0 aliphatic carbocycles. The average molecular weight is 296 g/mol. The van der Waals surface area contributed by atoms with Gasteiger partial charge in [-0.25, -0.2) is 0 Å². The van der Waals surface area contributed by atoms with E-state index in [1.165, 1.54) is 4.90 Å². The molecule has 0 spiro atoms. The summed E-state index contributed by atoms with van der Waals surface area (Å²) in [6, 6.07) is -1.93. The molecule has 116 valence electrons. The van der Waals surface area contributed by atoms with Gasteiger partial charge in [-0.3, -0.25) is 19.2 Å². The van der Waals surface area contributed by atoms with Crippen LogP contribution < -0.4 is 16.4 Å². The Kier molecular flexibility index (Phi) is 4.44. The van der Waals surface area contributed by atoms with E-state index in [0.717, 1.165) is 6.42 Å². The second-order valence-corrected chi connectivity index (χ2v) is 5.48. The number of primary amides is 1. The molecule has 21 heavy (non-hydrogen) atoms. The minimum absolute atomic E-state index is 0.164. The molecule has 3 atom stereocenters. The maximum absolute atomic E-state index is 12.3. The number of rotatable bonds is 4. The SMILES string of the molecule is C[C@@H](NC(=O)[C@@H]1CCC(=O)N1)C(=O)N1CCC[C@@H]1C(N)=O. The fraction of sp³-hybridized carbons (Fsp3) is 0.692. The summed E-state index contributed by atoms with van der Waals surface area (Å²) in [6.07, 6.45) is 2.02. The molecule has 4 N–H and O–H groups in total. The molecule has 2 aliphatic rings. The molecule has 8 nitrogen and oxygen atoms in total. The normalized spacial score (nSPS) is 26.3. The van der Waals surface area contributed by atoms with Gasteiger partial charge >= 0.3 is 0 Å². The van der Waals surface area contributed by atoms with Crippen molar-refractivity contribution in [2.75, 3.05) is 6.54 Å². The molecular weight excluding hydrogens is 276 g/mol. The van der Waals surface area contributed by atoms with Gasteiger partial charge < -0.3 is 21.3 Å². The Labute approximate surface area is 122 Å². The molecule has 0 saturated carbocycles. The molecule has 0 aromatic heterocycles. The van der Waals surface area contributed by atoms with E-state index in [1.807, 2.05) is 0 Å². The zero-order valence-electron chi connectivity index (χ0n) is 11.9. The molecule has 2 aliphatic heterocycles. The van der Waals surface area contributed by atoms with Crippen molar-refractivity contribution >= 4 is 23.6 Å². The van der Waals surface area contributed by atoms with Crippen LogP contribution in [0.1, 0.15) is 32.6 Å². The maximum atomic E-state index is 12.3. The lowest BCUT2D eigenvalue weighted by molar-refractivity contribution is -0.140. The topological polar surface area (TPSA) is 122 Å². The van der Waals surface area contributed by atoms with Crippen molar-refractivity contribution < 1.29 is 19.2 Å². The molecular formula is C13H20N4O4. The van der Waals surface area contributed by atoms with Crippen LogP contribution in [0.2, 0.25) is 0 Å². The van der Waals surface area contributed by atoms with Crippen molar-refractivity contribution in [1.82, 2.24) is 15.5 Å². The van der Waals surface area contributed by atoms with Gasteiger partial charge in [-0.2, -0.15) is 0 Å². The van der Waals surface area contributed by atoms with Gasteiger partial charge in [0, 0.05) is 13.0 Å². The molecule has 8 heteroatoms. The molecule has 2 heterocycles. The van der Waals surface area contributed by atoms with Crippen molar-refractivity contribution in [1.29, 1.82) is 0 Å². The highest BCUT2D eigenvalue weighted by Gasteiger charge is 2.36. The number of carbonyl (C=O) groups is 4. The summed E-state index contributed by atoms with van der Waals surface area (Å²) in [5.41, 5.74) is 5.27. The Hall–Kier alpha value is -2.12. The number of amides is 4. The predicted molar refractivity (Wildman–Crippen MR) is 72.7 cm³/mol. The standard InChI is InChI=1S/C13H20N4O4/c1-7(15-12(20)8-4-5-10(18)16-8)13(21)17-6-2-3-9(17)11(14)19/h7-9H,2-6H2,1H3,(H2,14,19)(H,15,20)(H,16,18)/t7-,8+,9-/m1/s1. The highest BCUT2D eigenvalue weighted by Crippen LogP contribution is 2.18. The number of hydrogen-bond acceptors (Lipinski definition) is 4. The van der Waals surface area contributed by atoms with E-state index in [2.05, 4.69) is 10.6 Å². The van der Waals surface area contributed by atoms with Crippen molar-refractivity contribution in [3.05, 3.63) is 0 Å². The van der Waals surface area contributed by atoms with Crippen LogP contribution in [0.3, 0.4) is 0 Å². The summed E-state index contributed by atoms with van der Waals surface area (Å²) >= 11 is 0. The smallest absolute Gasteiger partial charge is 0.245 e. The first-order valence-corrected chi connectivity index (χ1v) is 7.09. The first-order chi connectivity index (χ1) is 9.90. The lowest BCUT2D eigenvalue weighted by Gasteiger charge is -2.26. The molecule has 2 fully saturated rings. The highest BCUT2D eigenvalue weighted by atomic mass is 16.2. The minimum Gasteiger partial charge on any atom is -0.368 e. The summed E-state index contributed by atoms with van der Waals surface area (Å²) in [7, 11) is 0. The van der Waals surface area contributed by atoms with Crippen molar-refractivity contribution in [2.24, 2.45) is 5.73 Å². The number of hydrogen-bond donors (Lipinski definition) is 3. The number of nitrogens with zero attached hydrogens (tertiary/aromatic N) is 1. The molecule has 0 bridgehead atoms. The minimum atomic E-state index is -0.755. The summed E-state index contributed by atoms with van der Waals surface area (Å²) in [5.74, 6) is -1.39. The fourth-order valence-electron chi connectivity index (χ4n) is 2.76. The lowest BCUT2D eigenvalue weighted by atomic mass is 10.1. The molecule has 2 saturated heterocycles. The Bertz CT molecular complexity index is 479. The fourth-order valence-corrected chi connectivity index (χ4v) is 2.76. The molecule has 4 amide bonds. The van der Waals surface area contributed by atoms with Gasteiger partial charge in [0.05, 0.1) is 0 Å². The van der Waals surface area contributed by atoms with Crippen LogP contribution in [-0.4, -0.2) is 53.2 Å². The average Bonchev–Trinajstić information content (AvgIpc) is 3.05. The van der Waals surface area contributed by atoms with Crippen LogP contribution in [-0.2, 0) is 19.2 Å². The van der Waals surface area contributed by atoms with E-state index < -0.39 is 24.0 Å².